The van der Waals surface area contributed by atoms with E-state index in [1.54, 1.807) is 24.3 Å². The third kappa shape index (κ3) is 11.9. The molecule has 274 valence electrons. The Bertz CT molecular complexity index is 1510. The van der Waals surface area contributed by atoms with Gasteiger partial charge in [-0.1, -0.05) is 86.7 Å². The van der Waals surface area contributed by atoms with Crippen LogP contribution >= 0.6 is 0 Å². The maximum Gasteiger partial charge on any atom is 0.280 e. The molecule has 4 rings (SSSR count). The molecule has 2 amide bonds. The summed E-state index contributed by atoms with van der Waals surface area (Å²) in [6.07, 6.45) is 4.83. The number of carbonyl (C=O) groups is 2. The number of aliphatic hydroxyl groups excluding tert-OH is 2. The molecule has 2 aliphatic rings. The molecule has 5 N–H and O–H groups in total. The van der Waals surface area contributed by atoms with Gasteiger partial charge in [0.1, 0.15) is 18.2 Å². The van der Waals surface area contributed by atoms with Crippen molar-refractivity contribution < 1.29 is 33.0 Å². The summed E-state index contributed by atoms with van der Waals surface area (Å²) >= 11 is 0. The molecule has 1 aliphatic heterocycles. The van der Waals surface area contributed by atoms with E-state index in [4.69, 9.17) is 4.74 Å². The normalized spacial score (nSPS) is 20.2. The second-order valence-corrected chi connectivity index (χ2v) is 15.4. The SMILES string of the molecule is C=CC[C@H](NC(=O)[C@H](Cc1ccccc1)NS(=O)(=O)N1CCOCC1)C(=O)N[C@@H](CC1CC=C(c2ccccc2)CC1)[C@@H](O)[C@@H](O)CC(C)C. The lowest BCUT2D eigenvalue weighted by Gasteiger charge is -2.33. The van der Waals surface area contributed by atoms with E-state index in [0.717, 1.165) is 24.8 Å². The Morgan fingerprint density at radius 1 is 0.980 bits per heavy atom. The Hall–Kier alpha value is -3.39. The zero-order valence-electron chi connectivity index (χ0n) is 29.2. The van der Waals surface area contributed by atoms with Gasteiger partial charge in [0.2, 0.25) is 11.8 Å². The lowest BCUT2D eigenvalue weighted by Crippen LogP contribution is -2.59. The highest BCUT2D eigenvalue weighted by Gasteiger charge is 2.35. The van der Waals surface area contributed by atoms with Crippen molar-refractivity contribution in [1.82, 2.24) is 19.7 Å². The molecule has 0 aromatic heterocycles. The van der Waals surface area contributed by atoms with E-state index >= 15 is 0 Å². The van der Waals surface area contributed by atoms with Crippen LogP contribution in [0.4, 0.5) is 0 Å². The Labute approximate surface area is 297 Å². The monoisotopic (exact) mass is 710 g/mol. The predicted molar refractivity (Wildman–Crippen MR) is 195 cm³/mol. The predicted octanol–water partition coefficient (Wildman–Crippen LogP) is 3.35. The van der Waals surface area contributed by atoms with Gasteiger partial charge in [0, 0.05) is 13.1 Å². The van der Waals surface area contributed by atoms with Crippen LogP contribution in [-0.2, 0) is 31.0 Å². The largest absolute Gasteiger partial charge is 0.390 e. The van der Waals surface area contributed by atoms with E-state index in [-0.39, 0.29) is 51.0 Å². The fourth-order valence-electron chi connectivity index (χ4n) is 6.58. The molecule has 1 saturated heterocycles. The Morgan fingerprint density at radius 2 is 1.62 bits per heavy atom. The van der Waals surface area contributed by atoms with Crippen LogP contribution in [0, 0.1) is 11.8 Å². The smallest absolute Gasteiger partial charge is 0.280 e. The van der Waals surface area contributed by atoms with Crippen LogP contribution in [0.25, 0.3) is 5.57 Å². The minimum atomic E-state index is -4.05. The molecule has 1 aliphatic carbocycles. The van der Waals surface area contributed by atoms with E-state index < -0.39 is 52.4 Å². The van der Waals surface area contributed by atoms with Gasteiger partial charge in [0.15, 0.2) is 0 Å². The number of hydrogen-bond acceptors (Lipinski definition) is 7. The third-order valence-corrected chi connectivity index (χ3v) is 11.0. The number of ether oxygens (including phenoxy) is 1. The Balaban J connectivity index is 1.50. The van der Waals surface area contributed by atoms with Gasteiger partial charge in [-0.05, 0) is 73.5 Å². The molecule has 1 heterocycles. The minimum absolute atomic E-state index is 0.0571. The van der Waals surface area contributed by atoms with Gasteiger partial charge in [-0.3, -0.25) is 9.59 Å². The summed E-state index contributed by atoms with van der Waals surface area (Å²) < 4.78 is 35.7. The zero-order valence-corrected chi connectivity index (χ0v) is 30.1. The van der Waals surface area contributed by atoms with Gasteiger partial charge in [0.25, 0.3) is 10.2 Å². The fourth-order valence-corrected chi connectivity index (χ4v) is 7.91. The van der Waals surface area contributed by atoms with Crippen LogP contribution < -0.4 is 15.4 Å². The number of morpholine rings is 1. The molecule has 50 heavy (non-hydrogen) atoms. The fraction of sp³-hybridized carbons (Fsp3) is 0.526. The highest BCUT2D eigenvalue weighted by Crippen LogP contribution is 2.33. The molecule has 6 atom stereocenters. The molecular weight excluding hydrogens is 657 g/mol. The molecule has 0 spiro atoms. The number of benzene rings is 2. The van der Waals surface area contributed by atoms with Gasteiger partial charge in [-0.25, -0.2) is 0 Å². The van der Waals surface area contributed by atoms with E-state index in [1.807, 2.05) is 38.1 Å². The van der Waals surface area contributed by atoms with Crippen molar-refractivity contribution in [1.29, 1.82) is 0 Å². The average molecular weight is 711 g/mol. The number of amides is 2. The van der Waals surface area contributed by atoms with E-state index in [2.05, 4.69) is 40.1 Å². The number of nitrogens with one attached hydrogen (secondary N) is 3. The molecular formula is C38H54N4O7S. The molecule has 11 nitrogen and oxygen atoms in total. The first kappa shape index (κ1) is 39.4. The van der Waals surface area contributed by atoms with Crippen LogP contribution in [0.3, 0.4) is 0 Å². The molecule has 2 aromatic carbocycles. The van der Waals surface area contributed by atoms with E-state index in [0.29, 0.717) is 12.8 Å². The third-order valence-electron chi connectivity index (χ3n) is 9.33. The van der Waals surface area contributed by atoms with Gasteiger partial charge in [0.05, 0.1) is 25.4 Å². The topological polar surface area (TPSA) is 157 Å². The first-order valence-electron chi connectivity index (χ1n) is 17.7. The number of allylic oxidation sites excluding steroid dienone is 2. The minimum Gasteiger partial charge on any atom is -0.390 e. The van der Waals surface area contributed by atoms with Crippen LogP contribution in [0.1, 0.15) is 63.5 Å². The van der Waals surface area contributed by atoms with Crippen LogP contribution in [0.5, 0.6) is 0 Å². The first-order chi connectivity index (χ1) is 24.0. The number of rotatable bonds is 18. The van der Waals surface area contributed by atoms with Crippen molar-refractivity contribution >= 4 is 27.6 Å². The van der Waals surface area contributed by atoms with Crippen molar-refractivity contribution in [3.8, 4) is 0 Å². The summed E-state index contributed by atoms with van der Waals surface area (Å²) in [5, 5.41) is 28.0. The summed E-state index contributed by atoms with van der Waals surface area (Å²) in [5.74, 6) is -0.941. The van der Waals surface area contributed by atoms with E-state index in [1.165, 1.54) is 21.5 Å². The van der Waals surface area contributed by atoms with Gasteiger partial charge in [-0.15, -0.1) is 6.58 Å². The van der Waals surface area contributed by atoms with Crippen molar-refractivity contribution in [3.63, 3.8) is 0 Å². The van der Waals surface area contributed by atoms with Crippen LogP contribution in [-0.4, -0.2) is 91.4 Å². The standard InChI is InChI=1S/C38H54N4O7S/c1-4-11-32(39-38(46)34(26-28-12-7-5-8-13-28)41-50(47,48)42-20-22-49-23-21-42)37(45)40-33(36(44)35(43)24-27(2)3)25-29-16-18-31(19-17-29)30-14-9-6-10-15-30/h4-10,12-15,18,27,29,32-36,41,43-44H,1,11,16-17,19-26H2,2-3H3,(H,39,46)(H,40,45)/t29?,32-,33-,34-,35-,36+/m0/s1. The molecule has 1 fully saturated rings. The second-order valence-electron chi connectivity index (χ2n) is 13.7. The highest BCUT2D eigenvalue weighted by molar-refractivity contribution is 7.87. The van der Waals surface area contributed by atoms with Crippen molar-refractivity contribution in [2.24, 2.45) is 11.8 Å². The number of carbonyl (C=O) groups excluding carboxylic acids is 2. The molecule has 12 heteroatoms. The van der Waals surface area contributed by atoms with Crippen LogP contribution in [0.2, 0.25) is 0 Å². The lowest BCUT2D eigenvalue weighted by atomic mass is 9.81. The summed E-state index contributed by atoms with van der Waals surface area (Å²) in [6, 6.07) is 16.1. The molecule has 0 saturated carbocycles. The quantitative estimate of drug-likeness (QED) is 0.149. The molecule has 0 radical (unpaired) electrons. The number of aliphatic hydroxyl groups is 2. The van der Waals surface area contributed by atoms with Crippen LogP contribution in [0.15, 0.2) is 79.4 Å². The summed E-state index contributed by atoms with van der Waals surface area (Å²) in [5.41, 5.74) is 3.19. The zero-order chi connectivity index (χ0) is 36.1. The highest BCUT2D eigenvalue weighted by atomic mass is 32.2. The Morgan fingerprint density at radius 3 is 2.22 bits per heavy atom. The van der Waals surface area contributed by atoms with Gasteiger partial charge in [-0.2, -0.15) is 17.4 Å². The number of nitrogens with zero attached hydrogens (tertiary/aromatic N) is 1. The number of hydrogen-bond donors (Lipinski definition) is 5. The first-order valence-corrected chi connectivity index (χ1v) is 19.1. The maximum absolute atomic E-state index is 13.9. The summed E-state index contributed by atoms with van der Waals surface area (Å²) in [6.45, 7) is 8.50. The Kier molecular flexibility index (Phi) is 15.2. The summed E-state index contributed by atoms with van der Waals surface area (Å²) in [4.78, 5) is 27.7. The average Bonchev–Trinajstić information content (AvgIpc) is 3.11. The maximum atomic E-state index is 13.9. The van der Waals surface area contributed by atoms with Crippen molar-refractivity contribution in [2.45, 2.75) is 89.1 Å². The molecule has 0 bridgehead atoms. The summed E-state index contributed by atoms with van der Waals surface area (Å²) in [7, 11) is -4.05. The molecule has 2 aromatic rings. The second kappa shape index (κ2) is 19.3. The van der Waals surface area contributed by atoms with Gasteiger partial charge >= 0.3 is 0 Å². The molecule has 1 unspecified atom stereocenters. The van der Waals surface area contributed by atoms with Gasteiger partial charge < -0.3 is 25.6 Å². The van der Waals surface area contributed by atoms with Crippen molar-refractivity contribution in [2.75, 3.05) is 26.3 Å². The van der Waals surface area contributed by atoms with Crippen molar-refractivity contribution in [3.05, 3.63) is 90.5 Å². The van der Waals surface area contributed by atoms with E-state index in [9.17, 15) is 28.2 Å². The lowest BCUT2D eigenvalue weighted by molar-refractivity contribution is -0.131.